The fraction of sp³-hybridized carbons (Fsp3) is 1.00. The molecule has 0 aromatic heterocycles. The first kappa shape index (κ1) is 12.9. The summed E-state index contributed by atoms with van der Waals surface area (Å²) in [5, 5.41) is 1.92. The van der Waals surface area contributed by atoms with Crippen LogP contribution < -0.4 is 5.84 Å². The molecule has 0 aromatic rings. The molecule has 0 rings (SSSR count). The first-order chi connectivity index (χ1) is 5.91. The van der Waals surface area contributed by atoms with Gasteiger partial charge in [-0.25, -0.2) is 5.01 Å². The molecule has 0 saturated heterocycles. The van der Waals surface area contributed by atoms with Crippen LogP contribution in [0.5, 0.6) is 0 Å². The van der Waals surface area contributed by atoms with E-state index in [1.54, 1.807) is 0 Å². The van der Waals surface area contributed by atoms with Gasteiger partial charge in [-0.15, -0.1) is 0 Å². The van der Waals surface area contributed by atoms with E-state index in [9.17, 15) is 0 Å². The summed E-state index contributed by atoms with van der Waals surface area (Å²) in [6, 6.07) is 0. The third-order valence-electron chi connectivity index (χ3n) is 2.72. The Kier molecular flexibility index (Phi) is 5.57. The van der Waals surface area contributed by atoms with Gasteiger partial charge >= 0.3 is 0 Å². The lowest BCUT2D eigenvalue weighted by Crippen LogP contribution is -2.39. The molecule has 0 aliphatic rings. The fourth-order valence-electron chi connectivity index (χ4n) is 1.56. The lowest BCUT2D eigenvalue weighted by Gasteiger charge is -2.33. The number of hydrazine groups is 1. The van der Waals surface area contributed by atoms with E-state index in [2.05, 4.69) is 34.6 Å². The van der Waals surface area contributed by atoms with Gasteiger partial charge in [0.2, 0.25) is 0 Å². The first-order valence-electron chi connectivity index (χ1n) is 5.41. The summed E-state index contributed by atoms with van der Waals surface area (Å²) in [6.45, 7) is 13.2. The molecule has 0 amide bonds. The minimum Gasteiger partial charge on any atom is -0.269 e. The van der Waals surface area contributed by atoms with Crippen molar-refractivity contribution in [3.8, 4) is 0 Å². The number of rotatable bonds is 5. The average molecular weight is 186 g/mol. The van der Waals surface area contributed by atoms with Gasteiger partial charge in [0.25, 0.3) is 0 Å². The largest absolute Gasteiger partial charge is 0.269 e. The standard InChI is InChI=1S/C11H26N2/c1-6-8-10(11(3,4)5)9-13(12)7-2/h10H,6-9,12H2,1-5H3. The second-order valence-corrected chi connectivity index (χ2v) is 4.94. The maximum absolute atomic E-state index is 5.83. The van der Waals surface area contributed by atoms with E-state index in [0.29, 0.717) is 11.3 Å². The van der Waals surface area contributed by atoms with Crippen molar-refractivity contribution in [1.82, 2.24) is 5.01 Å². The lowest BCUT2D eigenvalue weighted by molar-refractivity contribution is 0.144. The molecule has 1 atom stereocenters. The van der Waals surface area contributed by atoms with Crippen LogP contribution in [0.3, 0.4) is 0 Å². The highest BCUT2D eigenvalue weighted by Crippen LogP contribution is 2.29. The summed E-state index contributed by atoms with van der Waals surface area (Å²) in [5.74, 6) is 6.54. The topological polar surface area (TPSA) is 29.3 Å². The molecule has 13 heavy (non-hydrogen) atoms. The van der Waals surface area contributed by atoms with E-state index >= 15 is 0 Å². The molecule has 2 nitrogen and oxygen atoms in total. The van der Waals surface area contributed by atoms with Crippen molar-refractivity contribution in [3.63, 3.8) is 0 Å². The molecular weight excluding hydrogens is 160 g/mol. The van der Waals surface area contributed by atoms with Gasteiger partial charge in [-0.3, -0.25) is 5.84 Å². The van der Waals surface area contributed by atoms with Crippen LogP contribution in [0.4, 0.5) is 0 Å². The molecule has 80 valence electrons. The van der Waals surface area contributed by atoms with Crippen molar-refractivity contribution in [1.29, 1.82) is 0 Å². The van der Waals surface area contributed by atoms with E-state index in [4.69, 9.17) is 5.84 Å². The van der Waals surface area contributed by atoms with Crippen LogP contribution in [0, 0.1) is 11.3 Å². The molecule has 0 radical (unpaired) electrons. The van der Waals surface area contributed by atoms with Crippen molar-refractivity contribution in [2.24, 2.45) is 17.2 Å². The minimum absolute atomic E-state index is 0.378. The third kappa shape index (κ3) is 5.27. The molecule has 0 aliphatic carbocycles. The molecule has 2 N–H and O–H groups in total. The second-order valence-electron chi connectivity index (χ2n) is 4.94. The Morgan fingerprint density at radius 2 is 1.77 bits per heavy atom. The van der Waals surface area contributed by atoms with Crippen molar-refractivity contribution < 1.29 is 0 Å². The van der Waals surface area contributed by atoms with E-state index in [-0.39, 0.29) is 0 Å². The minimum atomic E-state index is 0.378. The molecule has 2 heteroatoms. The van der Waals surface area contributed by atoms with Gasteiger partial charge in [-0.05, 0) is 17.8 Å². The van der Waals surface area contributed by atoms with Crippen molar-refractivity contribution in [2.75, 3.05) is 13.1 Å². The highest BCUT2D eigenvalue weighted by atomic mass is 15.4. The zero-order valence-electron chi connectivity index (χ0n) is 9.93. The van der Waals surface area contributed by atoms with Gasteiger partial charge in [-0.2, -0.15) is 0 Å². The molecule has 0 bridgehead atoms. The third-order valence-corrected chi connectivity index (χ3v) is 2.72. The molecule has 1 unspecified atom stereocenters. The summed E-state index contributed by atoms with van der Waals surface area (Å²) in [5.41, 5.74) is 0.378. The van der Waals surface area contributed by atoms with E-state index < -0.39 is 0 Å². The molecule has 0 spiro atoms. The summed E-state index contributed by atoms with van der Waals surface area (Å²) in [4.78, 5) is 0. The van der Waals surface area contributed by atoms with Gasteiger partial charge < -0.3 is 0 Å². The van der Waals surface area contributed by atoms with Crippen LogP contribution in [0.25, 0.3) is 0 Å². The molecule has 0 saturated carbocycles. The van der Waals surface area contributed by atoms with Crippen LogP contribution in [-0.2, 0) is 0 Å². The van der Waals surface area contributed by atoms with Crippen LogP contribution in [0.2, 0.25) is 0 Å². The van der Waals surface area contributed by atoms with Gasteiger partial charge in [0.15, 0.2) is 0 Å². The van der Waals surface area contributed by atoms with Crippen molar-refractivity contribution in [3.05, 3.63) is 0 Å². The van der Waals surface area contributed by atoms with Crippen LogP contribution in [0.1, 0.15) is 47.5 Å². The maximum Gasteiger partial charge on any atom is 0.0161 e. The Labute approximate surface area is 83.5 Å². The van der Waals surface area contributed by atoms with E-state index in [1.165, 1.54) is 12.8 Å². The Balaban J connectivity index is 4.10. The highest BCUT2D eigenvalue weighted by Gasteiger charge is 2.24. The molecular formula is C11H26N2. The zero-order chi connectivity index (χ0) is 10.5. The predicted octanol–water partition coefficient (Wildman–Crippen LogP) is 2.64. The number of nitrogens with two attached hydrogens (primary N) is 1. The summed E-state index contributed by atoms with van der Waals surface area (Å²) in [7, 11) is 0. The Hall–Kier alpha value is -0.0800. The number of hydrogen-bond donors (Lipinski definition) is 1. The van der Waals surface area contributed by atoms with Crippen molar-refractivity contribution in [2.45, 2.75) is 47.5 Å². The fourth-order valence-corrected chi connectivity index (χ4v) is 1.56. The molecule has 0 fully saturated rings. The van der Waals surface area contributed by atoms with Crippen LogP contribution in [0.15, 0.2) is 0 Å². The van der Waals surface area contributed by atoms with Gasteiger partial charge in [0.05, 0.1) is 0 Å². The lowest BCUT2D eigenvalue weighted by atomic mass is 9.78. The summed E-state index contributed by atoms with van der Waals surface area (Å²) < 4.78 is 0. The van der Waals surface area contributed by atoms with E-state index in [1.807, 2.05) is 5.01 Å². The summed E-state index contributed by atoms with van der Waals surface area (Å²) in [6.07, 6.45) is 2.52. The average Bonchev–Trinajstić information content (AvgIpc) is 2.01. The smallest absolute Gasteiger partial charge is 0.0161 e. The SMILES string of the molecule is CCCC(CN(N)CC)C(C)(C)C. The highest BCUT2D eigenvalue weighted by molar-refractivity contribution is 4.75. The Morgan fingerprint density at radius 1 is 1.23 bits per heavy atom. The van der Waals surface area contributed by atoms with Crippen LogP contribution in [-0.4, -0.2) is 18.1 Å². The molecule has 0 heterocycles. The normalized spacial score (nSPS) is 15.0. The van der Waals surface area contributed by atoms with Crippen molar-refractivity contribution >= 4 is 0 Å². The molecule has 0 aromatic carbocycles. The van der Waals surface area contributed by atoms with Gasteiger partial charge in [-0.1, -0.05) is 41.0 Å². The zero-order valence-corrected chi connectivity index (χ0v) is 9.93. The van der Waals surface area contributed by atoms with Gasteiger partial charge in [0, 0.05) is 13.1 Å². The van der Waals surface area contributed by atoms with Gasteiger partial charge in [0.1, 0.15) is 0 Å². The monoisotopic (exact) mass is 186 g/mol. The number of nitrogens with zero attached hydrogens (tertiary/aromatic N) is 1. The summed E-state index contributed by atoms with van der Waals surface area (Å²) >= 11 is 0. The predicted molar refractivity (Wildman–Crippen MR) is 59.3 cm³/mol. The Bertz CT molecular complexity index is 127. The number of hydrogen-bond acceptors (Lipinski definition) is 2. The van der Waals surface area contributed by atoms with E-state index in [0.717, 1.165) is 13.1 Å². The Morgan fingerprint density at radius 3 is 2.08 bits per heavy atom. The quantitative estimate of drug-likeness (QED) is 0.528. The second kappa shape index (κ2) is 5.61. The molecule has 0 aliphatic heterocycles. The maximum atomic E-state index is 5.83. The first-order valence-corrected chi connectivity index (χ1v) is 5.41. The van der Waals surface area contributed by atoms with Crippen LogP contribution >= 0.6 is 0 Å².